The van der Waals surface area contributed by atoms with E-state index in [2.05, 4.69) is 15.3 Å². The molecule has 1 aromatic carbocycles. The van der Waals surface area contributed by atoms with Crippen LogP contribution in [0.1, 0.15) is 12.5 Å². The molecule has 1 rings (SSSR count). The van der Waals surface area contributed by atoms with Crippen LogP contribution in [0.3, 0.4) is 0 Å². The number of nitrogens with zero attached hydrogens (tertiary/aromatic N) is 1. The highest BCUT2D eigenvalue weighted by molar-refractivity contribution is 6.33. The van der Waals surface area contributed by atoms with Crippen LogP contribution in [0.15, 0.2) is 23.3 Å². The lowest BCUT2D eigenvalue weighted by atomic mass is 10.1. The lowest BCUT2D eigenvalue weighted by Gasteiger charge is -2.10. The van der Waals surface area contributed by atoms with E-state index in [0.29, 0.717) is 17.1 Å². The Hall–Kier alpha value is -1.59. The molecule has 0 fully saturated rings. The van der Waals surface area contributed by atoms with Crippen molar-refractivity contribution in [2.45, 2.75) is 19.4 Å². The summed E-state index contributed by atoms with van der Waals surface area (Å²) >= 11 is 6.07. The average Bonchev–Trinajstić information content (AvgIpc) is 2.36. The first-order chi connectivity index (χ1) is 8.58. The first-order valence-corrected chi connectivity index (χ1v) is 5.81. The number of methoxy groups -OCH3 is 1. The standard InChI is InChI=1S/C12H16ClN3O2/c1-3-15-16-11-5-4-8(6-9(11)13)7-10(14)12(17)18-2/h3-6,10,16H,7,14H2,1-2H3/b15-3-. The Morgan fingerprint density at radius 2 is 2.39 bits per heavy atom. The minimum Gasteiger partial charge on any atom is -0.468 e. The van der Waals surface area contributed by atoms with Gasteiger partial charge in [-0.2, -0.15) is 5.10 Å². The Balaban J connectivity index is 2.75. The largest absolute Gasteiger partial charge is 0.468 e. The van der Waals surface area contributed by atoms with Crippen LogP contribution in [0.5, 0.6) is 0 Å². The number of carbonyl (C=O) groups excluding carboxylic acids is 1. The van der Waals surface area contributed by atoms with Gasteiger partial charge in [0.2, 0.25) is 0 Å². The van der Waals surface area contributed by atoms with E-state index < -0.39 is 12.0 Å². The molecule has 0 saturated heterocycles. The van der Waals surface area contributed by atoms with Crippen LogP contribution in [0.4, 0.5) is 5.69 Å². The monoisotopic (exact) mass is 269 g/mol. The van der Waals surface area contributed by atoms with E-state index in [0.717, 1.165) is 5.56 Å². The molecule has 18 heavy (non-hydrogen) atoms. The number of hydrogen-bond acceptors (Lipinski definition) is 5. The van der Waals surface area contributed by atoms with Crippen LogP contribution in [0, 0.1) is 0 Å². The average molecular weight is 270 g/mol. The van der Waals surface area contributed by atoms with Gasteiger partial charge in [-0.15, -0.1) is 0 Å². The summed E-state index contributed by atoms with van der Waals surface area (Å²) in [6.07, 6.45) is 2.00. The molecule has 0 spiro atoms. The zero-order valence-electron chi connectivity index (χ0n) is 10.3. The van der Waals surface area contributed by atoms with Crippen molar-refractivity contribution in [2.24, 2.45) is 10.8 Å². The van der Waals surface area contributed by atoms with Crippen LogP contribution in [-0.2, 0) is 16.0 Å². The third-order valence-corrected chi connectivity index (χ3v) is 2.62. The minimum atomic E-state index is -0.682. The maximum absolute atomic E-state index is 11.2. The van der Waals surface area contributed by atoms with Gasteiger partial charge >= 0.3 is 5.97 Å². The number of halogens is 1. The number of rotatable bonds is 5. The maximum atomic E-state index is 11.2. The lowest BCUT2D eigenvalue weighted by molar-refractivity contribution is -0.142. The molecule has 1 atom stereocenters. The fourth-order valence-electron chi connectivity index (χ4n) is 1.40. The minimum absolute atomic E-state index is 0.379. The summed E-state index contributed by atoms with van der Waals surface area (Å²) in [7, 11) is 1.31. The number of nitrogens with one attached hydrogen (secondary N) is 1. The Morgan fingerprint density at radius 1 is 1.67 bits per heavy atom. The summed E-state index contributed by atoms with van der Waals surface area (Å²) in [5, 5.41) is 4.40. The van der Waals surface area contributed by atoms with Crippen molar-refractivity contribution < 1.29 is 9.53 Å². The zero-order valence-corrected chi connectivity index (χ0v) is 11.1. The van der Waals surface area contributed by atoms with Crippen molar-refractivity contribution in [2.75, 3.05) is 12.5 Å². The van der Waals surface area contributed by atoms with Gasteiger partial charge in [-0.3, -0.25) is 10.2 Å². The number of nitrogens with two attached hydrogens (primary N) is 1. The molecular weight excluding hydrogens is 254 g/mol. The summed E-state index contributed by atoms with van der Waals surface area (Å²) in [5.74, 6) is -0.441. The number of benzene rings is 1. The molecule has 0 radical (unpaired) electrons. The van der Waals surface area contributed by atoms with E-state index in [-0.39, 0.29) is 0 Å². The van der Waals surface area contributed by atoms with Gasteiger partial charge < -0.3 is 10.5 Å². The normalized spacial score (nSPS) is 12.4. The molecule has 0 heterocycles. The van der Waals surface area contributed by atoms with Gasteiger partial charge in [-0.05, 0) is 31.0 Å². The lowest BCUT2D eigenvalue weighted by Crippen LogP contribution is -2.33. The molecule has 98 valence electrons. The summed E-state index contributed by atoms with van der Waals surface area (Å²) < 4.78 is 4.56. The van der Waals surface area contributed by atoms with E-state index in [1.165, 1.54) is 7.11 Å². The predicted octanol–water partition coefficient (Wildman–Crippen LogP) is 1.80. The van der Waals surface area contributed by atoms with Gasteiger partial charge in [0.1, 0.15) is 6.04 Å². The van der Waals surface area contributed by atoms with Gasteiger partial charge in [0, 0.05) is 6.21 Å². The van der Waals surface area contributed by atoms with Crippen molar-refractivity contribution in [3.63, 3.8) is 0 Å². The second-order valence-electron chi connectivity index (χ2n) is 3.65. The molecule has 0 aliphatic carbocycles. The Labute approximate surface area is 111 Å². The second kappa shape index (κ2) is 6.98. The summed E-state index contributed by atoms with van der Waals surface area (Å²) in [4.78, 5) is 11.2. The molecule has 3 N–H and O–H groups in total. The number of anilines is 1. The molecular formula is C12H16ClN3O2. The summed E-state index contributed by atoms with van der Waals surface area (Å²) in [6, 6.07) is 4.69. The van der Waals surface area contributed by atoms with Gasteiger partial charge in [-0.25, -0.2) is 0 Å². The van der Waals surface area contributed by atoms with Crippen LogP contribution >= 0.6 is 11.6 Å². The topological polar surface area (TPSA) is 76.7 Å². The van der Waals surface area contributed by atoms with Crippen molar-refractivity contribution in [1.29, 1.82) is 0 Å². The molecule has 0 amide bonds. The third-order valence-electron chi connectivity index (χ3n) is 2.31. The molecule has 6 heteroatoms. The molecule has 1 unspecified atom stereocenters. The molecule has 0 saturated carbocycles. The van der Waals surface area contributed by atoms with Crippen LogP contribution in [0.2, 0.25) is 5.02 Å². The van der Waals surface area contributed by atoms with E-state index in [4.69, 9.17) is 17.3 Å². The molecule has 0 aliphatic heterocycles. The van der Waals surface area contributed by atoms with Gasteiger partial charge in [0.05, 0.1) is 17.8 Å². The molecule has 1 aromatic rings. The quantitative estimate of drug-likeness (QED) is 0.485. The third kappa shape index (κ3) is 4.01. The van der Waals surface area contributed by atoms with Crippen molar-refractivity contribution >= 4 is 29.5 Å². The van der Waals surface area contributed by atoms with Gasteiger partial charge in [-0.1, -0.05) is 17.7 Å². The zero-order chi connectivity index (χ0) is 13.5. The molecule has 0 aromatic heterocycles. The number of hydrazone groups is 1. The molecule has 0 bridgehead atoms. The van der Waals surface area contributed by atoms with Crippen molar-refractivity contribution in [3.8, 4) is 0 Å². The fraction of sp³-hybridized carbons (Fsp3) is 0.333. The predicted molar refractivity (Wildman–Crippen MR) is 72.9 cm³/mol. The van der Waals surface area contributed by atoms with Crippen LogP contribution in [0.25, 0.3) is 0 Å². The van der Waals surface area contributed by atoms with Crippen LogP contribution < -0.4 is 11.2 Å². The molecule has 5 nitrogen and oxygen atoms in total. The highest BCUT2D eigenvalue weighted by Gasteiger charge is 2.14. The Kier molecular flexibility index (Phi) is 5.61. The number of hydrogen-bond donors (Lipinski definition) is 2. The highest BCUT2D eigenvalue weighted by Crippen LogP contribution is 2.23. The van der Waals surface area contributed by atoms with E-state index in [1.807, 2.05) is 6.07 Å². The molecule has 0 aliphatic rings. The van der Waals surface area contributed by atoms with Crippen molar-refractivity contribution in [1.82, 2.24) is 0 Å². The smallest absolute Gasteiger partial charge is 0.322 e. The van der Waals surface area contributed by atoms with Gasteiger partial charge in [0.15, 0.2) is 0 Å². The van der Waals surface area contributed by atoms with E-state index in [9.17, 15) is 4.79 Å². The van der Waals surface area contributed by atoms with Gasteiger partial charge in [0.25, 0.3) is 0 Å². The SMILES string of the molecule is C/C=N\Nc1ccc(CC(N)C(=O)OC)cc1Cl. The Morgan fingerprint density at radius 3 is 2.94 bits per heavy atom. The Bertz CT molecular complexity index is 449. The fourth-order valence-corrected chi connectivity index (χ4v) is 1.64. The number of carbonyl (C=O) groups is 1. The van der Waals surface area contributed by atoms with E-state index in [1.54, 1.807) is 25.3 Å². The second-order valence-corrected chi connectivity index (χ2v) is 4.05. The van der Waals surface area contributed by atoms with Crippen LogP contribution in [-0.4, -0.2) is 25.3 Å². The summed E-state index contributed by atoms with van der Waals surface area (Å²) in [5.41, 5.74) is 10.0. The van der Waals surface area contributed by atoms with Crippen molar-refractivity contribution in [3.05, 3.63) is 28.8 Å². The number of esters is 1. The number of ether oxygens (including phenoxy) is 1. The summed E-state index contributed by atoms with van der Waals surface area (Å²) in [6.45, 7) is 1.80. The van der Waals surface area contributed by atoms with E-state index >= 15 is 0 Å². The first kappa shape index (κ1) is 14.5. The maximum Gasteiger partial charge on any atom is 0.322 e. The highest BCUT2D eigenvalue weighted by atomic mass is 35.5. The first-order valence-electron chi connectivity index (χ1n) is 5.44.